The maximum atomic E-state index is 13.7. The first-order valence-electron chi connectivity index (χ1n) is 4.85. The van der Waals surface area contributed by atoms with Crippen LogP contribution in [0, 0.1) is 5.82 Å². The number of ether oxygens (including phenoxy) is 1. The highest BCUT2D eigenvalue weighted by Gasteiger charge is 2.20. The molecule has 4 heteroatoms. The summed E-state index contributed by atoms with van der Waals surface area (Å²) >= 11 is 0. The van der Waals surface area contributed by atoms with Gasteiger partial charge >= 0.3 is 0 Å². The van der Waals surface area contributed by atoms with Crippen molar-refractivity contribution in [2.75, 3.05) is 7.11 Å². The van der Waals surface area contributed by atoms with Crippen molar-refractivity contribution in [3.63, 3.8) is 0 Å². The summed E-state index contributed by atoms with van der Waals surface area (Å²) in [5.74, 6) is 0.524. The van der Waals surface area contributed by atoms with Crippen molar-refractivity contribution in [1.29, 1.82) is 0 Å². The van der Waals surface area contributed by atoms with E-state index in [0.717, 1.165) is 0 Å². The lowest BCUT2D eigenvalue weighted by atomic mass is 10.0. The van der Waals surface area contributed by atoms with Gasteiger partial charge in [-0.25, -0.2) is 4.39 Å². The average Bonchev–Trinajstić information content (AvgIpc) is 2.81. The molecule has 1 atom stereocenters. The molecule has 1 heterocycles. The van der Waals surface area contributed by atoms with Crippen molar-refractivity contribution in [1.82, 2.24) is 0 Å². The van der Waals surface area contributed by atoms with Gasteiger partial charge in [-0.05, 0) is 24.3 Å². The Bertz CT molecular complexity index is 468. The molecule has 1 aromatic heterocycles. The normalized spacial score (nSPS) is 12.4. The van der Waals surface area contributed by atoms with Crippen LogP contribution in [0.3, 0.4) is 0 Å². The molecule has 0 saturated heterocycles. The Balaban J connectivity index is 2.47. The zero-order valence-electron chi connectivity index (χ0n) is 8.81. The third-order valence-corrected chi connectivity index (χ3v) is 2.39. The molecule has 0 aliphatic rings. The van der Waals surface area contributed by atoms with Crippen LogP contribution in [-0.4, -0.2) is 7.11 Å². The molecule has 0 amide bonds. The fourth-order valence-electron chi connectivity index (χ4n) is 1.61. The van der Waals surface area contributed by atoms with E-state index < -0.39 is 11.9 Å². The minimum atomic E-state index is -0.661. The third-order valence-electron chi connectivity index (χ3n) is 2.39. The highest BCUT2D eigenvalue weighted by Crippen LogP contribution is 2.30. The Labute approximate surface area is 92.6 Å². The first-order chi connectivity index (χ1) is 7.74. The average molecular weight is 221 g/mol. The highest BCUT2D eigenvalue weighted by molar-refractivity contribution is 5.40. The van der Waals surface area contributed by atoms with Gasteiger partial charge in [0.25, 0.3) is 0 Å². The summed E-state index contributed by atoms with van der Waals surface area (Å²) in [5, 5.41) is 0. The topological polar surface area (TPSA) is 48.4 Å². The standard InChI is InChI=1S/C12H12FNO2/c1-15-9-5-2-4-8(13)11(9)12(14)10-6-3-7-16-10/h2-7,12H,14H2,1H3. The maximum Gasteiger partial charge on any atom is 0.132 e. The molecular weight excluding hydrogens is 209 g/mol. The molecule has 0 fully saturated rings. The first kappa shape index (κ1) is 10.7. The summed E-state index contributed by atoms with van der Waals surface area (Å²) in [6.07, 6.45) is 1.50. The van der Waals surface area contributed by atoms with Gasteiger partial charge in [0.1, 0.15) is 17.3 Å². The summed E-state index contributed by atoms with van der Waals surface area (Å²) in [5.41, 5.74) is 6.23. The SMILES string of the molecule is COc1cccc(F)c1C(N)c1ccco1. The van der Waals surface area contributed by atoms with Gasteiger partial charge in [-0.2, -0.15) is 0 Å². The van der Waals surface area contributed by atoms with E-state index in [2.05, 4.69) is 0 Å². The monoisotopic (exact) mass is 221 g/mol. The lowest BCUT2D eigenvalue weighted by Gasteiger charge is -2.14. The van der Waals surface area contributed by atoms with Gasteiger partial charge in [0.15, 0.2) is 0 Å². The first-order valence-corrected chi connectivity index (χ1v) is 4.85. The molecule has 2 rings (SSSR count). The molecule has 1 unspecified atom stereocenters. The van der Waals surface area contributed by atoms with Crippen molar-refractivity contribution >= 4 is 0 Å². The second-order valence-corrected chi connectivity index (χ2v) is 3.35. The van der Waals surface area contributed by atoms with E-state index in [1.807, 2.05) is 0 Å². The Kier molecular flexibility index (Phi) is 2.92. The third kappa shape index (κ3) is 1.79. The summed E-state index contributed by atoms with van der Waals surface area (Å²) in [6, 6.07) is 7.35. The van der Waals surface area contributed by atoms with Crippen LogP contribution in [0.5, 0.6) is 5.75 Å². The van der Waals surface area contributed by atoms with Gasteiger partial charge in [0, 0.05) is 0 Å². The molecule has 3 nitrogen and oxygen atoms in total. The molecule has 0 saturated carbocycles. The fourth-order valence-corrected chi connectivity index (χ4v) is 1.61. The second-order valence-electron chi connectivity index (χ2n) is 3.35. The van der Waals surface area contributed by atoms with E-state index in [1.165, 1.54) is 19.4 Å². The molecule has 2 N–H and O–H groups in total. The largest absolute Gasteiger partial charge is 0.496 e. The minimum Gasteiger partial charge on any atom is -0.496 e. The van der Waals surface area contributed by atoms with Crippen LogP contribution in [0.15, 0.2) is 41.0 Å². The Morgan fingerprint density at radius 3 is 2.75 bits per heavy atom. The van der Waals surface area contributed by atoms with Crippen LogP contribution in [0.1, 0.15) is 17.4 Å². The van der Waals surface area contributed by atoms with Crippen molar-refractivity contribution < 1.29 is 13.5 Å². The fraction of sp³-hybridized carbons (Fsp3) is 0.167. The lowest BCUT2D eigenvalue weighted by molar-refractivity contribution is 0.396. The van der Waals surface area contributed by atoms with Crippen molar-refractivity contribution in [3.05, 3.63) is 53.7 Å². The van der Waals surface area contributed by atoms with Crippen LogP contribution in [-0.2, 0) is 0 Å². The van der Waals surface area contributed by atoms with Crippen molar-refractivity contribution in [3.8, 4) is 5.75 Å². The van der Waals surface area contributed by atoms with Crippen LogP contribution in [0.4, 0.5) is 4.39 Å². The lowest BCUT2D eigenvalue weighted by Crippen LogP contribution is -2.14. The van der Waals surface area contributed by atoms with Crippen LogP contribution < -0.4 is 10.5 Å². The number of furan rings is 1. The summed E-state index contributed by atoms with van der Waals surface area (Å²) in [6.45, 7) is 0. The van der Waals surface area contributed by atoms with Crippen LogP contribution in [0.25, 0.3) is 0 Å². The molecule has 0 aliphatic carbocycles. The highest BCUT2D eigenvalue weighted by atomic mass is 19.1. The van der Waals surface area contributed by atoms with E-state index >= 15 is 0 Å². The van der Waals surface area contributed by atoms with Gasteiger partial charge in [0.05, 0.1) is 25.0 Å². The summed E-state index contributed by atoms with van der Waals surface area (Å²) < 4.78 is 23.9. The van der Waals surface area contributed by atoms with Gasteiger partial charge in [0.2, 0.25) is 0 Å². The predicted molar refractivity (Wildman–Crippen MR) is 57.7 cm³/mol. The quantitative estimate of drug-likeness (QED) is 0.866. The molecular formula is C12H12FNO2. The Morgan fingerprint density at radius 1 is 1.31 bits per heavy atom. The van der Waals surface area contributed by atoms with E-state index in [1.54, 1.807) is 24.3 Å². The molecule has 16 heavy (non-hydrogen) atoms. The number of hydrogen-bond acceptors (Lipinski definition) is 3. The number of methoxy groups -OCH3 is 1. The van der Waals surface area contributed by atoms with E-state index in [4.69, 9.17) is 14.9 Å². The smallest absolute Gasteiger partial charge is 0.132 e. The maximum absolute atomic E-state index is 13.7. The molecule has 0 aliphatic heterocycles. The predicted octanol–water partition coefficient (Wildman–Crippen LogP) is 2.48. The summed E-state index contributed by atoms with van der Waals surface area (Å²) in [4.78, 5) is 0. The van der Waals surface area contributed by atoms with Gasteiger partial charge in [-0.1, -0.05) is 6.07 Å². The number of benzene rings is 1. The second kappa shape index (κ2) is 4.37. The minimum absolute atomic E-state index is 0.306. The number of nitrogens with two attached hydrogens (primary N) is 1. The van der Waals surface area contributed by atoms with Gasteiger partial charge in [-0.3, -0.25) is 0 Å². The van der Waals surface area contributed by atoms with Crippen molar-refractivity contribution in [2.24, 2.45) is 5.73 Å². The molecule has 84 valence electrons. The zero-order valence-corrected chi connectivity index (χ0v) is 8.81. The summed E-state index contributed by atoms with van der Waals surface area (Å²) in [7, 11) is 1.48. The zero-order chi connectivity index (χ0) is 11.5. The molecule has 0 radical (unpaired) electrons. The molecule has 0 spiro atoms. The van der Waals surface area contributed by atoms with E-state index in [9.17, 15) is 4.39 Å². The Morgan fingerprint density at radius 2 is 2.12 bits per heavy atom. The number of rotatable bonds is 3. The van der Waals surface area contributed by atoms with Gasteiger partial charge < -0.3 is 14.9 Å². The van der Waals surface area contributed by atoms with E-state index in [0.29, 0.717) is 17.1 Å². The molecule has 0 bridgehead atoms. The van der Waals surface area contributed by atoms with Gasteiger partial charge in [-0.15, -0.1) is 0 Å². The van der Waals surface area contributed by atoms with Crippen molar-refractivity contribution in [2.45, 2.75) is 6.04 Å². The van der Waals surface area contributed by atoms with Crippen LogP contribution >= 0.6 is 0 Å². The Hall–Kier alpha value is -1.81. The molecule has 2 aromatic rings. The number of halogens is 1. The van der Waals surface area contributed by atoms with Crippen LogP contribution in [0.2, 0.25) is 0 Å². The molecule has 1 aromatic carbocycles. The van der Waals surface area contributed by atoms with E-state index in [-0.39, 0.29) is 0 Å². The number of hydrogen-bond donors (Lipinski definition) is 1.